The van der Waals surface area contributed by atoms with Crippen molar-refractivity contribution in [3.05, 3.63) is 234 Å². The molecule has 4 aromatic heterocycles. The SMILES string of the molecule is CC1(C)c2ccccc2-c2cc3c(cc21)c1ccccc1n3-c1ccc2c(-n3c4ccccc4c4cc5c(cc43)-c3ccccc3C5(C)C)nnc(-n3c4ccccc4c4cc5c(cc43)-c3ccccc3C5(C)C)c2c1. The lowest BCUT2D eigenvalue weighted by atomic mass is 9.82. The summed E-state index contributed by atoms with van der Waals surface area (Å²) in [5, 5.41) is 20.4. The number of para-hydroxylation sites is 3. The van der Waals surface area contributed by atoms with Gasteiger partial charge in [-0.3, -0.25) is 9.13 Å². The average molecular weight is 974 g/mol. The second-order valence-electron chi connectivity index (χ2n) is 23.4. The fourth-order valence-electron chi connectivity index (χ4n) is 14.8. The summed E-state index contributed by atoms with van der Waals surface area (Å²) >= 11 is 0. The lowest BCUT2D eigenvalue weighted by Gasteiger charge is -2.21. The van der Waals surface area contributed by atoms with E-state index in [1.165, 1.54) is 110 Å². The number of hydrogen-bond donors (Lipinski definition) is 0. The lowest BCUT2D eigenvalue weighted by Crippen LogP contribution is -2.14. The van der Waals surface area contributed by atoms with Gasteiger partial charge in [0.1, 0.15) is 0 Å². The number of rotatable bonds is 3. The van der Waals surface area contributed by atoms with Crippen LogP contribution in [0.5, 0.6) is 0 Å². The number of benzene rings is 10. The Balaban J connectivity index is 0.994. The summed E-state index contributed by atoms with van der Waals surface area (Å²) in [6, 6.07) is 75.2. The van der Waals surface area contributed by atoms with Crippen LogP contribution in [0.1, 0.15) is 74.9 Å². The maximum atomic E-state index is 5.54. The highest BCUT2D eigenvalue weighted by Crippen LogP contribution is 2.55. The zero-order chi connectivity index (χ0) is 50.7. The van der Waals surface area contributed by atoms with Crippen LogP contribution in [0.25, 0.3) is 127 Å². The van der Waals surface area contributed by atoms with Gasteiger partial charge in [-0.2, -0.15) is 0 Å². The fourth-order valence-corrected chi connectivity index (χ4v) is 14.8. The van der Waals surface area contributed by atoms with E-state index >= 15 is 0 Å². The fraction of sp³-hybridized carbons (Fsp3) is 0.127. The van der Waals surface area contributed by atoms with Gasteiger partial charge in [0.05, 0.1) is 33.1 Å². The molecule has 10 aromatic carbocycles. The minimum Gasteiger partial charge on any atom is -0.309 e. The molecule has 0 unspecified atom stereocenters. The minimum atomic E-state index is -0.146. The van der Waals surface area contributed by atoms with Crippen molar-refractivity contribution in [3.8, 4) is 50.7 Å². The molecule has 3 aliphatic rings. The molecule has 5 nitrogen and oxygen atoms in total. The van der Waals surface area contributed by atoms with Crippen LogP contribution < -0.4 is 0 Å². The van der Waals surface area contributed by atoms with Crippen molar-refractivity contribution < 1.29 is 0 Å². The first-order valence-corrected chi connectivity index (χ1v) is 26.8. The van der Waals surface area contributed by atoms with Crippen molar-refractivity contribution in [3.63, 3.8) is 0 Å². The molecule has 360 valence electrons. The second kappa shape index (κ2) is 14.2. The monoisotopic (exact) mass is 973 g/mol. The van der Waals surface area contributed by atoms with Gasteiger partial charge in [-0.1, -0.05) is 169 Å². The molecule has 14 aromatic rings. The summed E-state index contributed by atoms with van der Waals surface area (Å²) in [4.78, 5) is 0. The van der Waals surface area contributed by atoms with Gasteiger partial charge in [-0.25, -0.2) is 0 Å². The molecular weight excluding hydrogens is 923 g/mol. The number of hydrogen-bond acceptors (Lipinski definition) is 2. The van der Waals surface area contributed by atoms with Crippen LogP contribution in [-0.4, -0.2) is 23.9 Å². The molecule has 0 atom stereocenters. The molecule has 17 rings (SSSR count). The summed E-state index contributed by atoms with van der Waals surface area (Å²) in [5.74, 6) is 1.60. The highest BCUT2D eigenvalue weighted by Gasteiger charge is 2.39. The van der Waals surface area contributed by atoms with Crippen molar-refractivity contribution in [1.29, 1.82) is 0 Å². The molecule has 76 heavy (non-hydrogen) atoms. The van der Waals surface area contributed by atoms with Crippen LogP contribution in [0.4, 0.5) is 0 Å². The summed E-state index contributed by atoms with van der Waals surface area (Å²) in [7, 11) is 0. The molecule has 0 amide bonds. The van der Waals surface area contributed by atoms with E-state index in [-0.39, 0.29) is 16.2 Å². The van der Waals surface area contributed by atoms with Crippen molar-refractivity contribution in [2.45, 2.75) is 57.8 Å². The Hall–Kier alpha value is -9.06. The number of fused-ring (bicyclic) bond motifs is 19. The molecule has 0 N–H and O–H groups in total. The Morgan fingerprint density at radius 2 is 0.592 bits per heavy atom. The van der Waals surface area contributed by atoms with E-state index in [0.29, 0.717) is 0 Å². The van der Waals surface area contributed by atoms with Gasteiger partial charge in [0.15, 0.2) is 11.6 Å². The zero-order valence-corrected chi connectivity index (χ0v) is 43.3. The highest BCUT2D eigenvalue weighted by atomic mass is 15.3. The first-order chi connectivity index (χ1) is 37.0. The Labute approximate surface area is 439 Å². The Morgan fingerprint density at radius 3 is 1.01 bits per heavy atom. The van der Waals surface area contributed by atoms with Gasteiger partial charge >= 0.3 is 0 Å². The second-order valence-corrected chi connectivity index (χ2v) is 23.4. The summed E-state index contributed by atoms with van der Waals surface area (Å²) < 4.78 is 7.28. The van der Waals surface area contributed by atoms with Gasteiger partial charge in [0.2, 0.25) is 0 Å². The third kappa shape index (κ3) is 5.16. The molecule has 0 fully saturated rings. The minimum absolute atomic E-state index is 0.122. The van der Waals surface area contributed by atoms with E-state index in [2.05, 4.69) is 255 Å². The third-order valence-corrected chi connectivity index (χ3v) is 18.5. The summed E-state index contributed by atoms with van der Waals surface area (Å²) in [6.07, 6.45) is 0. The topological polar surface area (TPSA) is 40.6 Å². The van der Waals surface area contributed by atoms with Crippen LogP contribution in [0.3, 0.4) is 0 Å². The van der Waals surface area contributed by atoms with Crippen molar-refractivity contribution in [2.24, 2.45) is 0 Å². The first-order valence-electron chi connectivity index (χ1n) is 26.8. The molecule has 3 aliphatic carbocycles. The van der Waals surface area contributed by atoms with E-state index in [9.17, 15) is 0 Å². The Kier molecular flexibility index (Phi) is 7.91. The van der Waals surface area contributed by atoms with Crippen LogP contribution >= 0.6 is 0 Å². The lowest BCUT2D eigenvalue weighted by molar-refractivity contribution is 0.661. The van der Waals surface area contributed by atoms with E-state index in [1.807, 2.05) is 0 Å². The predicted octanol–water partition coefficient (Wildman–Crippen LogP) is 17.8. The smallest absolute Gasteiger partial charge is 0.168 e. The molecule has 0 bridgehead atoms. The van der Waals surface area contributed by atoms with Gasteiger partial charge in [0, 0.05) is 65.0 Å². The van der Waals surface area contributed by atoms with Crippen molar-refractivity contribution in [1.82, 2.24) is 23.9 Å². The van der Waals surface area contributed by atoms with E-state index in [1.54, 1.807) is 0 Å². The highest BCUT2D eigenvalue weighted by molar-refractivity contribution is 6.16. The Bertz CT molecular complexity index is 4970. The molecule has 0 saturated heterocycles. The van der Waals surface area contributed by atoms with Crippen molar-refractivity contribution >= 4 is 76.2 Å². The predicted molar refractivity (Wildman–Crippen MR) is 315 cm³/mol. The molecule has 0 radical (unpaired) electrons. The van der Waals surface area contributed by atoms with Gasteiger partial charge in [-0.05, 0) is 140 Å². The van der Waals surface area contributed by atoms with E-state index in [4.69, 9.17) is 10.2 Å². The van der Waals surface area contributed by atoms with Crippen LogP contribution in [0.2, 0.25) is 0 Å². The van der Waals surface area contributed by atoms with Gasteiger partial charge < -0.3 is 4.57 Å². The molecule has 0 spiro atoms. The van der Waals surface area contributed by atoms with Crippen molar-refractivity contribution in [2.75, 3.05) is 0 Å². The van der Waals surface area contributed by atoms with E-state index in [0.717, 1.165) is 50.2 Å². The molecular formula is C71H51N5. The molecule has 5 heteroatoms. The van der Waals surface area contributed by atoms with Crippen LogP contribution in [0, 0.1) is 0 Å². The Morgan fingerprint density at radius 1 is 0.250 bits per heavy atom. The summed E-state index contributed by atoms with van der Waals surface area (Å²) in [6.45, 7) is 14.2. The quantitative estimate of drug-likeness (QED) is 0.177. The van der Waals surface area contributed by atoms with Gasteiger partial charge in [0.25, 0.3) is 0 Å². The number of nitrogens with zero attached hydrogens (tertiary/aromatic N) is 5. The first kappa shape index (κ1) is 42.3. The maximum Gasteiger partial charge on any atom is 0.168 e. The largest absolute Gasteiger partial charge is 0.309 e. The molecule has 4 heterocycles. The maximum absolute atomic E-state index is 5.54. The number of aromatic nitrogens is 5. The third-order valence-electron chi connectivity index (χ3n) is 18.5. The van der Waals surface area contributed by atoms with Crippen LogP contribution in [0.15, 0.2) is 200 Å². The van der Waals surface area contributed by atoms with Gasteiger partial charge in [-0.15, -0.1) is 10.2 Å². The zero-order valence-electron chi connectivity index (χ0n) is 43.3. The van der Waals surface area contributed by atoms with Crippen LogP contribution in [-0.2, 0) is 16.2 Å². The normalized spacial score (nSPS) is 15.3. The average Bonchev–Trinajstić information content (AvgIpc) is 4.39. The molecule has 0 saturated carbocycles. The summed E-state index contributed by atoms with van der Waals surface area (Å²) in [5.41, 5.74) is 23.4. The standard InChI is InChI=1S/C71H51N5/c1-69(2)55-25-13-7-19-41(55)48-37-64-51(34-58(48)69)44-22-10-16-28-61(44)74(64)40-31-32-47-54(33-40)68(76-63-30-18-12-24-46(63)53-36-60-50(39-66(53)76)43-21-9-15-27-57(43)71(60,5)6)73-72-67(47)75-62-29-17-11-23-45(62)52-35-59-49(38-65(52)75)42-20-8-14-26-56(42)70(59,3)4/h7-39H,1-6H3. The molecule has 0 aliphatic heterocycles. The van der Waals surface area contributed by atoms with E-state index < -0.39 is 0 Å².